The number of aromatic hydroxyl groups is 1. The van der Waals surface area contributed by atoms with Gasteiger partial charge in [0.25, 0.3) is 5.91 Å². The van der Waals surface area contributed by atoms with Gasteiger partial charge in [0.1, 0.15) is 11.5 Å². The minimum atomic E-state index is -2.56. The Morgan fingerprint density at radius 3 is 2.52 bits per heavy atom. The number of likely N-dealkylation sites (N-methyl/N-ethyl adjacent to an activating group) is 1. The van der Waals surface area contributed by atoms with E-state index in [9.17, 15) is 29.7 Å². The molecule has 1 aromatic rings. The van der Waals surface area contributed by atoms with Gasteiger partial charge in [0.05, 0.1) is 29.2 Å². The van der Waals surface area contributed by atoms with Crippen LogP contribution >= 0.6 is 0 Å². The van der Waals surface area contributed by atoms with Gasteiger partial charge in [-0.25, -0.2) is 0 Å². The van der Waals surface area contributed by atoms with Gasteiger partial charge in [-0.2, -0.15) is 5.06 Å². The van der Waals surface area contributed by atoms with Crippen LogP contribution in [0.25, 0.3) is 0 Å². The molecule has 5 rings (SSSR count). The summed E-state index contributed by atoms with van der Waals surface area (Å²) < 4.78 is 0. The summed E-state index contributed by atoms with van der Waals surface area (Å²) >= 11 is 0. The number of ketones is 2. The van der Waals surface area contributed by atoms with Gasteiger partial charge in [-0.05, 0) is 29.0 Å². The smallest absolute Gasteiger partial charge is 0.252 e. The largest absolute Gasteiger partial charge is 0.508 e. The molecule has 174 valence electrons. The lowest BCUT2D eigenvalue weighted by atomic mass is 9.54. The molecule has 1 aromatic carbocycles. The first-order chi connectivity index (χ1) is 15.4. The van der Waals surface area contributed by atoms with Gasteiger partial charge in [0.15, 0.2) is 11.4 Å². The summed E-state index contributed by atoms with van der Waals surface area (Å²) in [5, 5.41) is 35.0. The zero-order valence-corrected chi connectivity index (χ0v) is 18.7. The Morgan fingerprint density at radius 1 is 1.24 bits per heavy atom. The summed E-state index contributed by atoms with van der Waals surface area (Å²) in [6.07, 6.45) is -0.836. The van der Waals surface area contributed by atoms with Crippen LogP contribution in [-0.4, -0.2) is 62.7 Å². The van der Waals surface area contributed by atoms with E-state index in [0.717, 1.165) is 0 Å². The molecule has 0 spiro atoms. The molecular weight excluding hydrogens is 428 g/mol. The number of benzene rings is 1. The lowest BCUT2D eigenvalue weighted by molar-refractivity contribution is -0.164. The van der Waals surface area contributed by atoms with Crippen LogP contribution in [0, 0.1) is 17.8 Å². The number of Topliss-reactive ketones (excluding diaryl/α,β-unsaturated/α-hetero) is 2. The SMILES string of the molecule is CC(C)C1=C(C(N)=O)C(=O)C2(O)C(O)=C3C(=O)c4c(O)cccc4C(C)C3C3ON(C)C1C32. The van der Waals surface area contributed by atoms with Crippen LogP contribution in [0.4, 0.5) is 0 Å². The van der Waals surface area contributed by atoms with Gasteiger partial charge in [-0.3, -0.25) is 19.2 Å². The number of phenols is 1. The lowest BCUT2D eigenvalue weighted by Crippen LogP contribution is -2.65. The number of aliphatic hydroxyl groups is 2. The van der Waals surface area contributed by atoms with Crippen LogP contribution in [-0.2, 0) is 14.4 Å². The number of fused-ring (bicyclic) bond motifs is 3. The van der Waals surface area contributed by atoms with Crippen molar-refractivity contribution < 1.29 is 34.5 Å². The molecule has 0 aromatic heterocycles. The second-order valence-corrected chi connectivity index (χ2v) is 9.68. The Labute approximate surface area is 190 Å². The minimum Gasteiger partial charge on any atom is -0.508 e. The van der Waals surface area contributed by atoms with E-state index in [1.165, 1.54) is 11.1 Å². The van der Waals surface area contributed by atoms with E-state index in [-0.39, 0.29) is 34.3 Å². The summed E-state index contributed by atoms with van der Waals surface area (Å²) in [5.41, 5.74) is 3.50. The Hall–Kier alpha value is -3.01. The number of primary amides is 1. The van der Waals surface area contributed by atoms with E-state index >= 15 is 0 Å². The van der Waals surface area contributed by atoms with Crippen molar-refractivity contribution in [1.82, 2.24) is 5.06 Å². The van der Waals surface area contributed by atoms with Crippen molar-refractivity contribution in [3.63, 3.8) is 0 Å². The molecule has 0 radical (unpaired) electrons. The summed E-state index contributed by atoms with van der Waals surface area (Å²) in [4.78, 5) is 45.7. The predicted octanol–water partition coefficient (Wildman–Crippen LogP) is 1.12. The molecule has 6 atom stereocenters. The molecule has 0 bridgehead atoms. The van der Waals surface area contributed by atoms with E-state index in [4.69, 9.17) is 10.6 Å². The normalized spacial score (nSPS) is 35.6. The van der Waals surface area contributed by atoms with Crippen molar-refractivity contribution in [2.45, 2.75) is 44.4 Å². The number of nitrogens with zero attached hydrogens (tertiary/aromatic N) is 1. The van der Waals surface area contributed by atoms with Crippen LogP contribution in [0.1, 0.15) is 42.6 Å². The molecule has 3 aliphatic carbocycles. The van der Waals surface area contributed by atoms with Crippen LogP contribution in [0.3, 0.4) is 0 Å². The Kier molecular flexibility index (Phi) is 4.46. The zero-order valence-electron chi connectivity index (χ0n) is 18.7. The molecular formula is C24H26N2O7. The van der Waals surface area contributed by atoms with E-state index in [1.54, 1.807) is 19.2 Å². The molecule has 6 unspecified atom stereocenters. The predicted molar refractivity (Wildman–Crippen MR) is 115 cm³/mol. The van der Waals surface area contributed by atoms with Crippen molar-refractivity contribution in [2.75, 3.05) is 7.05 Å². The van der Waals surface area contributed by atoms with Gasteiger partial charge in [0.2, 0.25) is 5.78 Å². The molecule has 1 aliphatic heterocycles. The summed E-state index contributed by atoms with van der Waals surface area (Å²) in [5.74, 6) is -6.07. The topological polar surface area (TPSA) is 150 Å². The van der Waals surface area contributed by atoms with E-state index in [2.05, 4.69) is 0 Å². The second-order valence-electron chi connectivity index (χ2n) is 9.68. The Balaban J connectivity index is 1.84. The standard InChI is InChI=1S/C24H26N2O7/c1-8(2)12-16(23(25)31)22(30)24(32)17-18(12)26(4)33-20(17)13-9(3)10-6-5-7-11(27)14(10)19(28)15(13)21(24)29/h5-9,13,17-18,20,27,29,32H,1-4H3,(H2,25,31). The average Bonchev–Trinajstić information content (AvgIpc) is 3.08. The number of aliphatic hydroxyl groups excluding tert-OH is 1. The molecule has 9 heteroatoms. The number of hydrogen-bond donors (Lipinski definition) is 4. The lowest BCUT2D eigenvalue weighted by Gasteiger charge is -2.50. The molecule has 5 N–H and O–H groups in total. The third-order valence-electron chi connectivity index (χ3n) is 7.78. The fourth-order valence-corrected chi connectivity index (χ4v) is 6.48. The third kappa shape index (κ3) is 2.44. The van der Waals surface area contributed by atoms with Crippen LogP contribution in [0.15, 0.2) is 40.7 Å². The fraction of sp³-hybridized carbons (Fsp3) is 0.458. The minimum absolute atomic E-state index is 0.0181. The number of carbonyl (C=O) groups is 3. The summed E-state index contributed by atoms with van der Waals surface area (Å²) in [7, 11) is 1.63. The molecule has 4 aliphatic rings. The van der Waals surface area contributed by atoms with Gasteiger partial charge < -0.3 is 21.1 Å². The molecule has 1 heterocycles. The van der Waals surface area contributed by atoms with Gasteiger partial charge in [-0.15, -0.1) is 0 Å². The van der Waals surface area contributed by atoms with Crippen molar-refractivity contribution in [2.24, 2.45) is 23.5 Å². The Bertz CT molecular complexity index is 1200. The third-order valence-corrected chi connectivity index (χ3v) is 7.78. The first-order valence-corrected chi connectivity index (χ1v) is 10.9. The number of phenolic OH excluding ortho intramolecular Hbond substituents is 1. The fourth-order valence-electron chi connectivity index (χ4n) is 6.48. The number of amides is 1. The van der Waals surface area contributed by atoms with Crippen LogP contribution < -0.4 is 5.73 Å². The average molecular weight is 454 g/mol. The number of hydrogen-bond acceptors (Lipinski definition) is 8. The highest BCUT2D eigenvalue weighted by Crippen LogP contribution is 2.59. The zero-order chi connectivity index (χ0) is 24.1. The van der Waals surface area contributed by atoms with Crippen LogP contribution in [0.2, 0.25) is 0 Å². The van der Waals surface area contributed by atoms with Crippen molar-refractivity contribution in [1.29, 1.82) is 0 Å². The molecule has 0 saturated carbocycles. The van der Waals surface area contributed by atoms with Gasteiger partial charge >= 0.3 is 0 Å². The number of hydroxylamine groups is 2. The van der Waals surface area contributed by atoms with Crippen molar-refractivity contribution in [3.05, 3.63) is 51.8 Å². The molecule has 1 saturated heterocycles. The highest BCUT2D eigenvalue weighted by atomic mass is 16.7. The molecule has 33 heavy (non-hydrogen) atoms. The number of carbonyl (C=O) groups excluding carboxylic acids is 3. The van der Waals surface area contributed by atoms with Gasteiger partial charge in [-0.1, -0.05) is 32.9 Å². The maximum Gasteiger partial charge on any atom is 0.252 e. The van der Waals surface area contributed by atoms with E-state index in [1.807, 2.05) is 20.8 Å². The molecule has 9 nitrogen and oxygen atoms in total. The molecule has 1 fully saturated rings. The van der Waals surface area contributed by atoms with E-state index in [0.29, 0.717) is 11.1 Å². The number of rotatable bonds is 2. The molecule has 1 amide bonds. The first kappa shape index (κ1) is 21.8. The Morgan fingerprint density at radius 2 is 1.91 bits per heavy atom. The van der Waals surface area contributed by atoms with E-state index < -0.39 is 52.8 Å². The summed E-state index contributed by atoms with van der Waals surface area (Å²) in [6.45, 7) is 5.47. The van der Waals surface area contributed by atoms with Gasteiger partial charge in [0, 0.05) is 18.5 Å². The quantitative estimate of drug-likeness (QED) is 0.486. The monoisotopic (exact) mass is 454 g/mol. The second kappa shape index (κ2) is 6.75. The first-order valence-electron chi connectivity index (χ1n) is 10.9. The van der Waals surface area contributed by atoms with Crippen molar-refractivity contribution in [3.8, 4) is 5.75 Å². The highest BCUT2D eigenvalue weighted by Gasteiger charge is 2.70. The maximum atomic E-state index is 13.6. The highest BCUT2D eigenvalue weighted by molar-refractivity contribution is 6.25. The van der Waals surface area contributed by atoms with Crippen molar-refractivity contribution >= 4 is 17.5 Å². The maximum absolute atomic E-state index is 13.6. The number of nitrogens with two attached hydrogens (primary N) is 1. The van der Waals surface area contributed by atoms with Crippen LogP contribution in [0.5, 0.6) is 5.75 Å². The summed E-state index contributed by atoms with van der Waals surface area (Å²) in [6, 6.07) is 4.03.